The van der Waals surface area contributed by atoms with Crippen LogP contribution in [0.1, 0.15) is 29.1 Å². The largest absolute Gasteiger partial charge is 0.387 e. The van der Waals surface area contributed by atoms with Crippen molar-refractivity contribution in [2.45, 2.75) is 43.7 Å². The van der Waals surface area contributed by atoms with Crippen molar-refractivity contribution in [2.75, 3.05) is 7.11 Å². The van der Waals surface area contributed by atoms with Crippen LogP contribution in [-0.4, -0.2) is 50.7 Å². The third-order valence-electron chi connectivity index (χ3n) is 8.31. The molecule has 3 aromatic carbocycles. The second kappa shape index (κ2) is 6.22. The second-order valence-corrected chi connectivity index (χ2v) is 9.92. The maximum Gasteiger partial charge on any atom is 0.252 e. The van der Waals surface area contributed by atoms with Crippen LogP contribution in [0.3, 0.4) is 0 Å². The SMILES string of the molecule is CO[C@@H]1[C@@H](O)[C@@H](O)[C@H]2O[C@]1(C)n1c3ccccc3c3c4c(c5c6ccccc6n2c5c31)C(=O)NC4. The zero-order valence-corrected chi connectivity index (χ0v) is 19.1. The van der Waals surface area contributed by atoms with Gasteiger partial charge >= 0.3 is 0 Å². The molecule has 1 saturated heterocycles. The molecular weight excluding hydrogens is 446 g/mol. The highest BCUT2D eigenvalue weighted by Gasteiger charge is 2.56. The number of amides is 1. The van der Waals surface area contributed by atoms with E-state index in [0.717, 1.165) is 49.2 Å². The Hall–Kier alpha value is -3.43. The van der Waals surface area contributed by atoms with Crippen molar-refractivity contribution >= 4 is 49.5 Å². The van der Waals surface area contributed by atoms with Crippen molar-refractivity contribution in [1.82, 2.24) is 14.5 Å². The minimum Gasteiger partial charge on any atom is -0.387 e. The average Bonchev–Trinajstić information content (AvgIpc) is 3.49. The first kappa shape index (κ1) is 19.8. The van der Waals surface area contributed by atoms with Crippen LogP contribution >= 0.6 is 0 Å². The summed E-state index contributed by atoms with van der Waals surface area (Å²) in [5.74, 6) is -0.101. The van der Waals surface area contributed by atoms with E-state index in [1.165, 1.54) is 7.11 Å². The van der Waals surface area contributed by atoms with Crippen molar-refractivity contribution < 1.29 is 24.5 Å². The molecule has 0 spiro atoms. The molecule has 8 rings (SSSR count). The van der Waals surface area contributed by atoms with Crippen molar-refractivity contribution in [3.05, 3.63) is 59.7 Å². The Morgan fingerprint density at radius 1 is 1.00 bits per heavy atom. The normalized spacial score (nSPS) is 29.4. The molecule has 2 bridgehead atoms. The van der Waals surface area contributed by atoms with Crippen LogP contribution < -0.4 is 5.32 Å². The summed E-state index contributed by atoms with van der Waals surface area (Å²) < 4.78 is 16.7. The summed E-state index contributed by atoms with van der Waals surface area (Å²) in [5, 5.41) is 29.4. The molecule has 8 nitrogen and oxygen atoms in total. The fourth-order valence-electron chi connectivity index (χ4n) is 6.99. The van der Waals surface area contributed by atoms with E-state index >= 15 is 0 Å². The molecule has 1 fully saturated rings. The molecule has 176 valence electrons. The van der Waals surface area contributed by atoms with Crippen LogP contribution in [0.5, 0.6) is 0 Å². The first-order valence-electron chi connectivity index (χ1n) is 11.8. The van der Waals surface area contributed by atoms with Gasteiger partial charge in [-0.3, -0.25) is 4.79 Å². The highest BCUT2D eigenvalue weighted by Crippen LogP contribution is 2.53. The zero-order valence-electron chi connectivity index (χ0n) is 19.1. The third-order valence-corrected chi connectivity index (χ3v) is 8.31. The number of carbonyl (C=O) groups is 1. The lowest BCUT2D eigenvalue weighted by Crippen LogP contribution is -2.62. The van der Waals surface area contributed by atoms with Gasteiger partial charge < -0.3 is 34.1 Å². The molecule has 2 aromatic heterocycles. The van der Waals surface area contributed by atoms with Gasteiger partial charge in [-0.25, -0.2) is 0 Å². The van der Waals surface area contributed by atoms with E-state index in [1.807, 2.05) is 54.0 Å². The smallest absolute Gasteiger partial charge is 0.252 e. The minimum absolute atomic E-state index is 0.101. The van der Waals surface area contributed by atoms with Gasteiger partial charge in [0.05, 0.1) is 27.6 Å². The predicted molar refractivity (Wildman–Crippen MR) is 130 cm³/mol. The Kier molecular flexibility index (Phi) is 3.52. The number of aliphatic hydroxyl groups is 2. The lowest BCUT2D eigenvalue weighted by Gasteiger charge is -2.48. The van der Waals surface area contributed by atoms with Gasteiger partial charge in [-0.2, -0.15) is 0 Å². The number of para-hydroxylation sites is 2. The molecule has 3 aliphatic rings. The van der Waals surface area contributed by atoms with Crippen LogP contribution in [0.25, 0.3) is 43.6 Å². The fourth-order valence-corrected chi connectivity index (χ4v) is 6.99. The van der Waals surface area contributed by atoms with E-state index in [-0.39, 0.29) is 5.91 Å². The highest BCUT2D eigenvalue weighted by atomic mass is 16.6. The van der Waals surface area contributed by atoms with Gasteiger partial charge in [-0.05, 0) is 24.6 Å². The number of benzene rings is 3. The Balaban J connectivity index is 1.75. The summed E-state index contributed by atoms with van der Waals surface area (Å²) in [7, 11) is 1.53. The maximum atomic E-state index is 13.3. The van der Waals surface area contributed by atoms with Crippen molar-refractivity contribution in [3.63, 3.8) is 0 Å². The standard InChI is InChI=1S/C27H23N3O5/c1-27-24(34-2)22(31)23(32)26(35-27)29-15-9-5-3-7-12(15)18-19-14(11-28-25(19)33)17-13-8-4-6-10-16(13)30(27)21(17)20(18)29/h3-10,22-24,26,31-32H,11H2,1-2H3,(H,28,33)/t22-,23+,24+,26+,27-/m0/s1. The minimum atomic E-state index is -1.24. The molecule has 5 atom stereocenters. The monoisotopic (exact) mass is 469 g/mol. The molecular formula is C27H23N3O5. The molecule has 3 N–H and O–H groups in total. The number of rotatable bonds is 1. The highest BCUT2D eigenvalue weighted by molar-refractivity contribution is 6.31. The van der Waals surface area contributed by atoms with Crippen molar-refractivity contribution in [1.29, 1.82) is 0 Å². The summed E-state index contributed by atoms with van der Waals surface area (Å²) in [6.07, 6.45) is -4.14. The maximum absolute atomic E-state index is 13.3. The van der Waals surface area contributed by atoms with Crippen LogP contribution in [0.2, 0.25) is 0 Å². The molecule has 5 aromatic rings. The summed E-state index contributed by atoms with van der Waals surface area (Å²) in [6.45, 7) is 2.35. The number of fused-ring (bicyclic) bond motifs is 13. The number of carbonyl (C=O) groups excluding carboxylic acids is 1. The molecule has 1 amide bonds. The number of nitrogens with zero attached hydrogens (tertiary/aromatic N) is 2. The number of ether oxygens (including phenoxy) is 2. The summed E-state index contributed by atoms with van der Waals surface area (Å²) in [5.41, 5.74) is 4.01. The Bertz CT molecular complexity index is 1770. The molecule has 35 heavy (non-hydrogen) atoms. The number of hydrogen-bond donors (Lipinski definition) is 3. The van der Waals surface area contributed by atoms with E-state index in [4.69, 9.17) is 9.47 Å². The average molecular weight is 469 g/mol. The Labute approximate surface area is 199 Å². The number of methoxy groups -OCH3 is 1. The summed E-state index contributed by atoms with van der Waals surface area (Å²) in [4.78, 5) is 13.3. The fraction of sp³-hybridized carbons (Fsp3) is 0.296. The summed E-state index contributed by atoms with van der Waals surface area (Å²) >= 11 is 0. The third kappa shape index (κ3) is 2.04. The molecule has 0 aliphatic carbocycles. The van der Waals surface area contributed by atoms with Gasteiger partial charge in [0.2, 0.25) is 0 Å². The van der Waals surface area contributed by atoms with Gasteiger partial charge in [0.15, 0.2) is 12.0 Å². The Morgan fingerprint density at radius 3 is 2.43 bits per heavy atom. The van der Waals surface area contributed by atoms with Gasteiger partial charge in [-0.15, -0.1) is 0 Å². The van der Waals surface area contributed by atoms with Crippen LogP contribution in [0.4, 0.5) is 0 Å². The first-order valence-corrected chi connectivity index (χ1v) is 11.8. The van der Waals surface area contributed by atoms with E-state index in [9.17, 15) is 15.0 Å². The molecule has 5 heterocycles. The van der Waals surface area contributed by atoms with Crippen LogP contribution in [0.15, 0.2) is 48.5 Å². The summed E-state index contributed by atoms with van der Waals surface area (Å²) in [6, 6.07) is 15.9. The number of aliphatic hydroxyl groups excluding tert-OH is 2. The van der Waals surface area contributed by atoms with E-state index in [1.54, 1.807) is 0 Å². The quantitative estimate of drug-likeness (QED) is 0.351. The van der Waals surface area contributed by atoms with Gasteiger partial charge in [-0.1, -0.05) is 36.4 Å². The Morgan fingerprint density at radius 2 is 1.69 bits per heavy atom. The van der Waals surface area contributed by atoms with Gasteiger partial charge in [0.25, 0.3) is 5.91 Å². The van der Waals surface area contributed by atoms with Crippen molar-refractivity contribution in [3.8, 4) is 0 Å². The molecule has 0 radical (unpaired) electrons. The first-order chi connectivity index (χ1) is 17.0. The van der Waals surface area contributed by atoms with E-state index in [0.29, 0.717) is 12.1 Å². The number of hydrogen-bond acceptors (Lipinski definition) is 5. The molecule has 0 saturated carbocycles. The van der Waals surface area contributed by atoms with E-state index < -0.39 is 30.3 Å². The zero-order chi connectivity index (χ0) is 23.8. The lowest BCUT2D eigenvalue weighted by atomic mass is 9.93. The topological polar surface area (TPSA) is 97.9 Å². The molecule has 3 aliphatic heterocycles. The molecule has 8 heteroatoms. The van der Waals surface area contributed by atoms with Crippen LogP contribution in [-0.2, 0) is 21.7 Å². The predicted octanol–water partition coefficient (Wildman–Crippen LogP) is 3.10. The molecule has 0 unspecified atom stereocenters. The number of aromatic nitrogens is 2. The van der Waals surface area contributed by atoms with Gasteiger partial charge in [0, 0.05) is 35.2 Å². The number of nitrogens with one attached hydrogen (secondary N) is 1. The van der Waals surface area contributed by atoms with Crippen molar-refractivity contribution in [2.24, 2.45) is 0 Å². The lowest BCUT2D eigenvalue weighted by molar-refractivity contribution is -0.314. The van der Waals surface area contributed by atoms with Gasteiger partial charge in [0.1, 0.15) is 18.3 Å². The van der Waals surface area contributed by atoms with E-state index in [2.05, 4.69) is 16.0 Å². The van der Waals surface area contributed by atoms with Crippen LogP contribution in [0, 0.1) is 0 Å². The second-order valence-electron chi connectivity index (χ2n) is 9.92.